The van der Waals surface area contributed by atoms with E-state index in [4.69, 9.17) is 4.74 Å². The summed E-state index contributed by atoms with van der Waals surface area (Å²) in [5, 5.41) is 9.57. The van der Waals surface area contributed by atoms with E-state index in [1.165, 1.54) is 17.3 Å². The number of ether oxygens (including phenoxy) is 1. The number of benzene rings is 2. The van der Waals surface area contributed by atoms with Crippen LogP contribution in [0.3, 0.4) is 0 Å². The van der Waals surface area contributed by atoms with E-state index in [1.54, 1.807) is 0 Å². The van der Waals surface area contributed by atoms with Crippen LogP contribution in [0, 0.1) is 20.8 Å². The Morgan fingerprint density at radius 2 is 1.84 bits per heavy atom. The predicted octanol–water partition coefficient (Wildman–Crippen LogP) is 5.07. The summed E-state index contributed by atoms with van der Waals surface area (Å²) in [6, 6.07) is 10.1. The number of carbonyl (C=O) groups is 1. The van der Waals surface area contributed by atoms with Gasteiger partial charge in [0.1, 0.15) is 17.1 Å². The first-order valence-electron chi connectivity index (χ1n) is 8.55. The molecule has 1 atom stereocenters. The fourth-order valence-electron chi connectivity index (χ4n) is 3.33. The van der Waals surface area contributed by atoms with Crippen LogP contribution >= 0.6 is 11.8 Å². The third kappa shape index (κ3) is 3.28. The minimum Gasteiger partial charge on any atom is -0.488 e. The number of hydrogen-bond donors (Lipinski definition) is 1. The number of carboxylic acids is 1. The highest BCUT2D eigenvalue weighted by atomic mass is 32.2. The number of fused-ring (bicyclic) bond motifs is 1. The number of aliphatic carboxylic acids is 1. The van der Waals surface area contributed by atoms with Gasteiger partial charge in [-0.25, -0.2) is 0 Å². The maximum absolute atomic E-state index is 11.6. The van der Waals surface area contributed by atoms with Crippen LogP contribution in [0.1, 0.15) is 41.2 Å². The van der Waals surface area contributed by atoms with Crippen LogP contribution in [0.25, 0.3) is 0 Å². The second-order valence-corrected chi connectivity index (χ2v) is 8.44. The Kier molecular flexibility index (Phi) is 4.83. The Hall–Kier alpha value is -1.94. The largest absolute Gasteiger partial charge is 0.488 e. The number of hydrogen-bond acceptors (Lipinski definition) is 3. The molecule has 1 N–H and O–H groups in total. The van der Waals surface area contributed by atoms with E-state index in [9.17, 15) is 9.90 Å². The highest BCUT2D eigenvalue weighted by Gasteiger charge is 2.39. The van der Waals surface area contributed by atoms with Crippen LogP contribution in [0.4, 0.5) is 0 Å². The zero-order valence-electron chi connectivity index (χ0n) is 15.2. The van der Waals surface area contributed by atoms with Crippen molar-refractivity contribution in [1.29, 1.82) is 0 Å². The Bertz CT molecular complexity index is 814. The molecule has 25 heavy (non-hydrogen) atoms. The molecule has 1 aliphatic rings. The molecule has 1 unspecified atom stereocenters. The van der Waals surface area contributed by atoms with Crippen molar-refractivity contribution in [3.05, 3.63) is 58.1 Å². The molecule has 0 amide bonds. The van der Waals surface area contributed by atoms with Gasteiger partial charge in [-0.15, -0.1) is 11.8 Å². The van der Waals surface area contributed by atoms with Gasteiger partial charge in [0, 0.05) is 4.90 Å². The standard InChI is InChI=1S/C21H24O3S/c1-13-14(2)19-17(10-11-21(4,25-19)20(22)23)15(3)18(13)24-12-16-8-6-5-7-9-16/h5-9H,10-12H2,1-4H3,(H,22,23). The average molecular weight is 356 g/mol. The van der Waals surface area contributed by atoms with Crippen LogP contribution in [-0.2, 0) is 17.8 Å². The summed E-state index contributed by atoms with van der Waals surface area (Å²) in [7, 11) is 0. The summed E-state index contributed by atoms with van der Waals surface area (Å²) in [4.78, 5) is 12.8. The molecule has 0 spiro atoms. The lowest BCUT2D eigenvalue weighted by molar-refractivity contribution is -0.139. The van der Waals surface area contributed by atoms with Crippen molar-refractivity contribution in [3.63, 3.8) is 0 Å². The Balaban J connectivity index is 1.95. The Morgan fingerprint density at radius 3 is 2.48 bits per heavy atom. The molecule has 2 aromatic carbocycles. The van der Waals surface area contributed by atoms with Gasteiger partial charge >= 0.3 is 5.97 Å². The van der Waals surface area contributed by atoms with E-state index in [2.05, 4.69) is 32.9 Å². The zero-order chi connectivity index (χ0) is 18.2. The topological polar surface area (TPSA) is 46.5 Å². The van der Waals surface area contributed by atoms with Gasteiger partial charge in [-0.1, -0.05) is 30.3 Å². The van der Waals surface area contributed by atoms with Crippen molar-refractivity contribution < 1.29 is 14.6 Å². The van der Waals surface area contributed by atoms with Crippen molar-refractivity contribution in [1.82, 2.24) is 0 Å². The molecule has 0 saturated carbocycles. The monoisotopic (exact) mass is 356 g/mol. The van der Waals surface area contributed by atoms with Crippen molar-refractivity contribution in [2.45, 2.75) is 56.8 Å². The molecule has 1 heterocycles. The first kappa shape index (κ1) is 17.9. The second-order valence-electron chi connectivity index (χ2n) is 6.92. The molecule has 0 bridgehead atoms. The van der Waals surface area contributed by atoms with Gasteiger partial charge in [0.05, 0.1) is 0 Å². The second kappa shape index (κ2) is 6.75. The molecule has 0 saturated heterocycles. The molecule has 3 rings (SSSR count). The van der Waals surface area contributed by atoms with Crippen LogP contribution in [-0.4, -0.2) is 15.8 Å². The van der Waals surface area contributed by atoms with Crippen molar-refractivity contribution in [2.75, 3.05) is 0 Å². The highest BCUT2D eigenvalue weighted by molar-refractivity contribution is 8.01. The molecule has 0 aliphatic carbocycles. The molecule has 2 aromatic rings. The average Bonchev–Trinajstić information content (AvgIpc) is 2.60. The van der Waals surface area contributed by atoms with Gasteiger partial charge in [-0.2, -0.15) is 0 Å². The van der Waals surface area contributed by atoms with E-state index in [-0.39, 0.29) is 0 Å². The molecule has 3 nitrogen and oxygen atoms in total. The van der Waals surface area contributed by atoms with Crippen LogP contribution in [0.5, 0.6) is 5.75 Å². The van der Waals surface area contributed by atoms with Gasteiger partial charge in [-0.3, -0.25) is 4.79 Å². The van der Waals surface area contributed by atoms with Gasteiger partial charge in [0.15, 0.2) is 0 Å². The molecule has 0 fully saturated rings. The minimum atomic E-state index is -0.747. The van der Waals surface area contributed by atoms with Crippen molar-refractivity contribution >= 4 is 17.7 Å². The summed E-state index contributed by atoms with van der Waals surface area (Å²) < 4.78 is 5.43. The summed E-state index contributed by atoms with van der Waals surface area (Å²) in [5.41, 5.74) is 5.78. The van der Waals surface area contributed by atoms with E-state index < -0.39 is 10.7 Å². The number of thioether (sulfide) groups is 1. The maximum atomic E-state index is 11.6. The van der Waals surface area contributed by atoms with Gasteiger partial charge in [0.25, 0.3) is 0 Å². The predicted molar refractivity (Wildman–Crippen MR) is 102 cm³/mol. The molecular weight excluding hydrogens is 332 g/mol. The van der Waals surface area contributed by atoms with Crippen LogP contribution < -0.4 is 4.74 Å². The molecule has 0 aromatic heterocycles. The minimum absolute atomic E-state index is 0.542. The lowest BCUT2D eigenvalue weighted by atomic mass is 9.92. The lowest BCUT2D eigenvalue weighted by Gasteiger charge is -2.33. The van der Waals surface area contributed by atoms with E-state index in [0.717, 1.165) is 39.3 Å². The van der Waals surface area contributed by atoms with E-state index in [0.29, 0.717) is 13.0 Å². The van der Waals surface area contributed by atoms with Gasteiger partial charge in [-0.05, 0) is 68.4 Å². The molecule has 4 heteroatoms. The van der Waals surface area contributed by atoms with Gasteiger partial charge < -0.3 is 9.84 Å². The number of carboxylic acid groups (broad SMARTS) is 1. The Labute approximate surface area is 153 Å². The lowest BCUT2D eigenvalue weighted by Crippen LogP contribution is -2.34. The third-order valence-corrected chi connectivity index (χ3v) is 6.75. The maximum Gasteiger partial charge on any atom is 0.319 e. The molecule has 0 radical (unpaired) electrons. The quantitative estimate of drug-likeness (QED) is 0.830. The normalized spacial score (nSPS) is 19.4. The first-order valence-corrected chi connectivity index (χ1v) is 9.37. The number of rotatable bonds is 4. The van der Waals surface area contributed by atoms with Crippen molar-refractivity contribution in [3.8, 4) is 5.75 Å². The fourth-order valence-corrected chi connectivity index (χ4v) is 4.76. The molecule has 132 valence electrons. The SMILES string of the molecule is Cc1c(C)c2c(c(C)c1OCc1ccccc1)CCC(C)(C(=O)O)S2. The third-order valence-electron chi connectivity index (χ3n) is 5.17. The summed E-state index contributed by atoms with van der Waals surface area (Å²) in [6.07, 6.45) is 1.42. The Morgan fingerprint density at radius 1 is 1.16 bits per heavy atom. The van der Waals surface area contributed by atoms with Gasteiger partial charge in [0.2, 0.25) is 0 Å². The van der Waals surface area contributed by atoms with Crippen LogP contribution in [0.2, 0.25) is 0 Å². The zero-order valence-corrected chi connectivity index (χ0v) is 16.0. The smallest absolute Gasteiger partial charge is 0.319 e. The fraction of sp³-hybridized carbons (Fsp3) is 0.381. The summed E-state index contributed by atoms with van der Waals surface area (Å²) >= 11 is 1.49. The summed E-state index contributed by atoms with van der Waals surface area (Å²) in [5.74, 6) is 0.210. The van der Waals surface area contributed by atoms with E-state index in [1.807, 2.05) is 25.1 Å². The highest BCUT2D eigenvalue weighted by Crippen LogP contribution is 2.49. The molecular formula is C21H24O3S. The van der Waals surface area contributed by atoms with Crippen molar-refractivity contribution in [2.24, 2.45) is 0 Å². The first-order chi connectivity index (χ1) is 11.8. The summed E-state index contributed by atoms with van der Waals surface area (Å²) in [6.45, 7) is 8.60. The molecule has 1 aliphatic heterocycles. The van der Waals surface area contributed by atoms with E-state index >= 15 is 0 Å². The van der Waals surface area contributed by atoms with Crippen LogP contribution in [0.15, 0.2) is 35.2 Å².